The molecule has 1 unspecified atom stereocenters. The van der Waals surface area contributed by atoms with Crippen molar-refractivity contribution in [3.8, 4) is 0 Å². The van der Waals surface area contributed by atoms with Crippen molar-refractivity contribution in [1.29, 1.82) is 0 Å². The molecule has 0 radical (unpaired) electrons. The molecule has 29 heavy (non-hydrogen) atoms. The number of allylic oxidation sites excluding steroid dienone is 1. The van der Waals surface area contributed by atoms with Crippen LogP contribution in [0.25, 0.3) is 0 Å². The van der Waals surface area contributed by atoms with Crippen LogP contribution in [0.15, 0.2) is 72.5 Å². The number of nitrogens with zero attached hydrogens (tertiary/aromatic N) is 1. The fraction of sp³-hybridized carbons (Fsp3) is 0.250. The molecule has 2 aromatic carbocycles. The molecule has 3 rings (SSSR count). The number of halogens is 1. The molecule has 0 bridgehead atoms. The van der Waals surface area contributed by atoms with Gasteiger partial charge >= 0.3 is 5.97 Å². The number of ether oxygens (including phenoxy) is 1. The number of hydrogen-bond donors (Lipinski definition) is 0. The summed E-state index contributed by atoms with van der Waals surface area (Å²) < 4.78 is 5.37. The Bertz CT molecular complexity index is 980. The second-order valence-electron chi connectivity index (χ2n) is 7.11. The van der Waals surface area contributed by atoms with E-state index in [4.69, 9.17) is 16.3 Å². The molecule has 0 aliphatic carbocycles. The number of aryl methyl sites for hydroxylation is 1. The van der Waals surface area contributed by atoms with E-state index in [9.17, 15) is 9.59 Å². The molecule has 0 N–H and O–H groups in total. The quantitative estimate of drug-likeness (QED) is 0.488. The minimum Gasteiger partial charge on any atom is -0.458 e. The van der Waals surface area contributed by atoms with Crippen LogP contribution in [0.2, 0.25) is 5.02 Å². The molecule has 0 spiro atoms. The average Bonchev–Trinajstić information content (AvgIpc) is 2.69. The Morgan fingerprint density at radius 1 is 1.24 bits per heavy atom. The van der Waals surface area contributed by atoms with Gasteiger partial charge in [-0.2, -0.15) is 0 Å². The number of benzene rings is 2. The summed E-state index contributed by atoms with van der Waals surface area (Å²) in [5.41, 5.74) is 4.04. The summed E-state index contributed by atoms with van der Waals surface area (Å²) in [6, 6.07) is 15.2. The van der Waals surface area contributed by atoms with Gasteiger partial charge in [0.2, 0.25) is 5.91 Å². The minimum atomic E-state index is -0.417. The molecule has 1 amide bonds. The molecule has 1 aliphatic rings. The van der Waals surface area contributed by atoms with E-state index in [2.05, 4.69) is 6.58 Å². The zero-order chi connectivity index (χ0) is 21.0. The number of carbonyl (C=O) groups is 2. The monoisotopic (exact) mass is 409 g/mol. The van der Waals surface area contributed by atoms with Gasteiger partial charge in [0.1, 0.15) is 6.61 Å². The normalized spacial score (nSPS) is 16.7. The first kappa shape index (κ1) is 20.9. The molecule has 0 aromatic heterocycles. The smallest absolute Gasteiger partial charge is 0.336 e. The van der Waals surface area contributed by atoms with Gasteiger partial charge < -0.3 is 9.64 Å². The number of rotatable bonds is 6. The van der Waals surface area contributed by atoms with Crippen molar-refractivity contribution in [2.45, 2.75) is 32.7 Å². The zero-order valence-corrected chi connectivity index (χ0v) is 17.4. The summed E-state index contributed by atoms with van der Waals surface area (Å²) in [6.45, 7) is 7.87. The molecule has 0 fully saturated rings. The van der Waals surface area contributed by atoms with Crippen molar-refractivity contribution >= 4 is 23.5 Å². The predicted molar refractivity (Wildman–Crippen MR) is 114 cm³/mol. The van der Waals surface area contributed by atoms with Crippen molar-refractivity contribution in [1.82, 2.24) is 4.90 Å². The molecule has 5 heteroatoms. The van der Waals surface area contributed by atoms with Gasteiger partial charge in [-0.05, 0) is 42.7 Å². The number of carbonyl (C=O) groups excluding carboxylic acids is 2. The summed E-state index contributed by atoms with van der Waals surface area (Å²) in [4.78, 5) is 27.6. The lowest BCUT2D eigenvalue weighted by Gasteiger charge is -2.35. The molecular formula is C24H24ClNO3. The van der Waals surface area contributed by atoms with Gasteiger partial charge in [-0.15, -0.1) is 0 Å². The maximum atomic E-state index is 13.1. The molecule has 0 saturated carbocycles. The maximum absolute atomic E-state index is 13.1. The zero-order valence-electron chi connectivity index (χ0n) is 16.7. The Labute approximate surface area is 176 Å². The topological polar surface area (TPSA) is 46.6 Å². The standard InChI is InChI=1S/C24H24ClNO3/c1-4-12-29-24(28)23-17(3)26(15-18-9-7-10-19(25)13-18)22(27)14-21(23)20-11-6-5-8-16(20)2/h4-11,13,21H,1,12,14-15H2,2-3H3. The Morgan fingerprint density at radius 3 is 2.69 bits per heavy atom. The van der Waals surface area contributed by atoms with Crippen LogP contribution < -0.4 is 0 Å². The molecule has 1 aliphatic heterocycles. The largest absolute Gasteiger partial charge is 0.458 e. The fourth-order valence-electron chi connectivity index (χ4n) is 3.74. The molecule has 150 valence electrons. The first-order valence-corrected chi connectivity index (χ1v) is 9.89. The highest BCUT2D eigenvalue weighted by Crippen LogP contribution is 2.39. The van der Waals surface area contributed by atoms with Gasteiger partial charge in [0.15, 0.2) is 0 Å². The molecule has 2 aromatic rings. The number of esters is 1. The van der Waals surface area contributed by atoms with Crippen molar-refractivity contribution in [2.24, 2.45) is 0 Å². The Morgan fingerprint density at radius 2 is 2.00 bits per heavy atom. The lowest BCUT2D eigenvalue weighted by Crippen LogP contribution is -2.38. The van der Waals surface area contributed by atoms with E-state index in [-0.39, 0.29) is 24.9 Å². The van der Waals surface area contributed by atoms with Gasteiger partial charge in [0.05, 0.1) is 12.1 Å². The van der Waals surface area contributed by atoms with Gasteiger partial charge in [-0.25, -0.2) is 4.79 Å². The summed E-state index contributed by atoms with van der Waals surface area (Å²) in [5, 5.41) is 0.608. The average molecular weight is 410 g/mol. The summed E-state index contributed by atoms with van der Waals surface area (Å²) in [6.07, 6.45) is 1.75. The van der Waals surface area contributed by atoms with Crippen LogP contribution in [-0.2, 0) is 20.9 Å². The molecule has 0 saturated heterocycles. The Hall–Kier alpha value is -2.85. The molecule has 4 nitrogen and oxygen atoms in total. The van der Waals surface area contributed by atoms with Crippen LogP contribution in [0, 0.1) is 6.92 Å². The van der Waals surface area contributed by atoms with Crippen LogP contribution in [0.4, 0.5) is 0 Å². The molecular weight excluding hydrogens is 386 g/mol. The highest BCUT2D eigenvalue weighted by Gasteiger charge is 2.37. The second kappa shape index (κ2) is 9.10. The lowest BCUT2D eigenvalue weighted by molar-refractivity contribution is -0.139. The minimum absolute atomic E-state index is 0.0315. The Balaban J connectivity index is 2.04. The predicted octanol–water partition coefficient (Wildman–Crippen LogP) is 5.17. The van der Waals surface area contributed by atoms with E-state index in [0.29, 0.717) is 22.8 Å². The van der Waals surface area contributed by atoms with Gasteiger partial charge in [0.25, 0.3) is 0 Å². The van der Waals surface area contributed by atoms with Crippen LogP contribution in [0.5, 0.6) is 0 Å². The van der Waals surface area contributed by atoms with Crippen molar-refractivity contribution in [2.75, 3.05) is 6.61 Å². The number of hydrogen-bond acceptors (Lipinski definition) is 3. The number of amides is 1. The van der Waals surface area contributed by atoms with Crippen LogP contribution in [-0.4, -0.2) is 23.4 Å². The first-order valence-electron chi connectivity index (χ1n) is 9.51. The van der Waals surface area contributed by atoms with E-state index >= 15 is 0 Å². The maximum Gasteiger partial charge on any atom is 0.336 e. The van der Waals surface area contributed by atoms with E-state index in [0.717, 1.165) is 16.7 Å². The highest BCUT2D eigenvalue weighted by molar-refractivity contribution is 6.30. The second-order valence-corrected chi connectivity index (χ2v) is 7.55. The van der Waals surface area contributed by atoms with E-state index < -0.39 is 5.97 Å². The van der Waals surface area contributed by atoms with Crippen molar-refractivity contribution < 1.29 is 14.3 Å². The molecule has 1 heterocycles. The summed E-state index contributed by atoms with van der Waals surface area (Å²) >= 11 is 6.09. The highest BCUT2D eigenvalue weighted by atomic mass is 35.5. The molecule has 1 atom stereocenters. The van der Waals surface area contributed by atoms with Crippen LogP contribution in [0.3, 0.4) is 0 Å². The third-order valence-corrected chi connectivity index (χ3v) is 5.40. The van der Waals surface area contributed by atoms with Gasteiger partial charge in [0, 0.05) is 23.1 Å². The van der Waals surface area contributed by atoms with Gasteiger partial charge in [-0.1, -0.05) is 60.7 Å². The van der Waals surface area contributed by atoms with Crippen molar-refractivity contribution in [3.63, 3.8) is 0 Å². The van der Waals surface area contributed by atoms with E-state index in [1.807, 2.05) is 49.4 Å². The third-order valence-electron chi connectivity index (χ3n) is 5.17. The van der Waals surface area contributed by atoms with Crippen LogP contribution >= 0.6 is 11.6 Å². The third kappa shape index (κ3) is 4.60. The summed E-state index contributed by atoms with van der Waals surface area (Å²) in [5.74, 6) is -0.785. The van der Waals surface area contributed by atoms with E-state index in [1.165, 1.54) is 6.08 Å². The Kier molecular flexibility index (Phi) is 6.55. The van der Waals surface area contributed by atoms with Crippen LogP contribution in [0.1, 0.15) is 36.0 Å². The first-order chi connectivity index (χ1) is 13.9. The van der Waals surface area contributed by atoms with E-state index in [1.54, 1.807) is 17.9 Å². The summed E-state index contributed by atoms with van der Waals surface area (Å²) in [7, 11) is 0. The SMILES string of the molecule is C=CCOC(=O)C1=C(C)N(Cc2cccc(Cl)c2)C(=O)CC1c1ccccc1C. The fourth-order valence-corrected chi connectivity index (χ4v) is 3.95. The lowest BCUT2D eigenvalue weighted by atomic mass is 9.82. The van der Waals surface area contributed by atoms with Crippen molar-refractivity contribution in [3.05, 3.63) is 94.2 Å². The van der Waals surface area contributed by atoms with Gasteiger partial charge in [-0.3, -0.25) is 4.79 Å².